The Labute approximate surface area is 755 Å². The minimum absolute atomic E-state index is 0.00885. The minimum atomic E-state index is -1.92. The van der Waals surface area contributed by atoms with Gasteiger partial charge in [-0.2, -0.15) is 0 Å². The zero-order chi connectivity index (χ0) is 95.0. The second kappa shape index (κ2) is 49.2. The first-order valence-corrected chi connectivity index (χ1v) is 43.5. The molecule has 0 aliphatic carbocycles. The second-order valence-corrected chi connectivity index (χ2v) is 33.4. The SMILES string of the molecule is CCCC[C@H]1C(=O)N(C)CC(=O)N[C@@H](CC(=O)O)C(=O)N[C@@H](C(C)C)C(=O)N(C)[C@@H](Cc2ccccc2)C(=O)N[C@@H](Cc2ccc(O)cc2)C(=O)N(C)CC(=O)N[C@@H](Cc2c[nH]c3ccccc23)C(=O)N[C@@H](Cc2ccc(O)cc2)C(=O)N[C@@H](CCC(=O)O)C(=O)N[C@H](C(=O)NCC(N)=O)CSCC(=O)N[C@@H](Cc2ccccc2)C(=O)N(C)[C@@H](Cc2ccccc2)C(=O)N1C. The van der Waals surface area contributed by atoms with E-state index in [1.54, 1.807) is 135 Å². The van der Waals surface area contributed by atoms with E-state index in [1.807, 2.05) is 6.92 Å². The highest BCUT2D eigenvalue weighted by Crippen LogP contribution is 2.25. The van der Waals surface area contributed by atoms with Gasteiger partial charge in [0.1, 0.15) is 78.0 Å². The lowest BCUT2D eigenvalue weighted by Crippen LogP contribution is -2.61. The van der Waals surface area contributed by atoms with Crippen LogP contribution in [0.25, 0.3) is 10.9 Å². The van der Waals surface area contributed by atoms with Crippen molar-refractivity contribution >= 4 is 123 Å². The number of primary amides is 1. The summed E-state index contributed by atoms with van der Waals surface area (Å²) >= 11 is 0.739. The van der Waals surface area contributed by atoms with Crippen LogP contribution >= 0.6 is 11.8 Å². The number of nitrogens with one attached hydrogen (secondary N) is 10. The number of nitrogens with two attached hydrogens (primary N) is 1. The summed E-state index contributed by atoms with van der Waals surface area (Å²) in [5.74, 6) is -19.8. The summed E-state index contributed by atoms with van der Waals surface area (Å²) in [6.07, 6.45) is -1.68. The molecule has 0 spiro atoms. The van der Waals surface area contributed by atoms with Crippen LogP contribution in [0.3, 0.4) is 0 Å². The number of carbonyl (C=O) groups is 17. The highest BCUT2D eigenvalue weighted by Gasteiger charge is 2.42. The highest BCUT2D eigenvalue weighted by atomic mass is 32.2. The number of nitrogens with zero attached hydrogens (tertiary/aromatic N) is 5. The van der Waals surface area contributed by atoms with E-state index in [0.29, 0.717) is 57.1 Å². The first kappa shape index (κ1) is 101. The van der Waals surface area contributed by atoms with Gasteiger partial charge in [0.05, 0.1) is 31.8 Å². The van der Waals surface area contributed by atoms with Crippen LogP contribution in [0.5, 0.6) is 11.5 Å². The Morgan fingerprint density at radius 2 is 0.892 bits per heavy atom. The van der Waals surface area contributed by atoms with Crippen LogP contribution in [0.15, 0.2) is 170 Å². The number of unbranched alkanes of at least 4 members (excludes halogenated alkanes) is 1. The molecule has 11 atom stereocenters. The van der Waals surface area contributed by atoms with Crippen LogP contribution in [0.4, 0.5) is 0 Å². The number of phenolic OH excluding ortho intramolecular Hbond substituents is 2. The normalized spacial score (nSPS) is 21.7. The van der Waals surface area contributed by atoms with Gasteiger partial charge in [-0.05, 0) is 82.5 Å². The third-order valence-corrected chi connectivity index (χ3v) is 23.0. The third kappa shape index (κ3) is 30.5. The molecule has 8 rings (SSSR count). The molecule has 130 heavy (non-hydrogen) atoms. The maximum absolute atomic E-state index is 15.5. The maximum Gasteiger partial charge on any atom is 0.305 e. The van der Waals surface area contributed by atoms with Crippen molar-refractivity contribution in [2.75, 3.05) is 66.4 Å². The van der Waals surface area contributed by atoms with Crippen LogP contribution in [0.1, 0.15) is 92.7 Å². The van der Waals surface area contributed by atoms with Crippen molar-refractivity contribution < 1.29 is 102 Å². The summed E-state index contributed by atoms with van der Waals surface area (Å²) in [4.78, 5) is 255. The van der Waals surface area contributed by atoms with Gasteiger partial charge in [-0.25, -0.2) is 0 Å². The van der Waals surface area contributed by atoms with Gasteiger partial charge >= 0.3 is 11.9 Å². The number of rotatable bonds is 24. The lowest BCUT2D eigenvalue weighted by Gasteiger charge is -2.37. The van der Waals surface area contributed by atoms with Crippen molar-refractivity contribution in [3.05, 3.63) is 203 Å². The number of thioether (sulfide) groups is 1. The van der Waals surface area contributed by atoms with Crippen molar-refractivity contribution in [2.24, 2.45) is 11.7 Å². The van der Waals surface area contributed by atoms with Gasteiger partial charge < -0.3 is 103 Å². The minimum Gasteiger partial charge on any atom is -0.508 e. The lowest BCUT2D eigenvalue weighted by atomic mass is 9.98. The highest BCUT2D eigenvalue weighted by molar-refractivity contribution is 8.00. The molecule has 694 valence electrons. The quantitative estimate of drug-likeness (QED) is 0.0403. The Morgan fingerprint density at radius 1 is 0.446 bits per heavy atom. The molecule has 0 bridgehead atoms. The molecular weight excluding hydrogens is 1700 g/mol. The first-order valence-electron chi connectivity index (χ1n) is 42.4. The zero-order valence-electron chi connectivity index (χ0n) is 73.6. The smallest absolute Gasteiger partial charge is 0.305 e. The molecule has 1 aliphatic heterocycles. The van der Waals surface area contributed by atoms with Gasteiger partial charge in [0.15, 0.2) is 0 Å². The van der Waals surface area contributed by atoms with Crippen LogP contribution in [0.2, 0.25) is 0 Å². The maximum atomic E-state index is 15.5. The van der Waals surface area contributed by atoms with Gasteiger partial charge in [-0.15, -0.1) is 11.8 Å². The molecule has 1 aliphatic rings. The average Bonchev–Trinajstić information content (AvgIpc) is 0.953. The van der Waals surface area contributed by atoms with E-state index < -0.39 is 230 Å². The van der Waals surface area contributed by atoms with Crippen LogP contribution in [-0.4, -0.2) is 283 Å². The van der Waals surface area contributed by atoms with E-state index in [2.05, 4.69) is 52.8 Å². The Morgan fingerprint density at radius 3 is 1.43 bits per heavy atom. The number of amides is 15. The van der Waals surface area contributed by atoms with E-state index in [9.17, 15) is 68.4 Å². The number of aromatic nitrogens is 1. The number of aliphatic carboxylic acids is 2. The molecule has 0 unspecified atom stereocenters. The summed E-state index contributed by atoms with van der Waals surface area (Å²) in [5, 5.41) is 64.8. The number of carboxylic acids is 2. The summed E-state index contributed by atoms with van der Waals surface area (Å²) in [6, 6.07) is 25.5. The topological polar surface area (TPSA) is 537 Å². The first-order chi connectivity index (χ1) is 61.9. The van der Waals surface area contributed by atoms with Gasteiger partial charge in [0.25, 0.3) is 0 Å². The number of likely N-dealkylation sites (N-methyl/N-ethyl adjacent to an activating group) is 5. The summed E-state index contributed by atoms with van der Waals surface area (Å²) in [7, 11) is 6.41. The Kier molecular flexibility index (Phi) is 38.3. The van der Waals surface area contributed by atoms with Crippen molar-refractivity contribution in [3.63, 3.8) is 0 Å². The van der Waals surface area contributed by atoms with E-state index >= 15 is 33.6 Å². The Bertz CT molecular complexity index is 5150. The number of benzene rings is 6. The van der Waals surface area contributed by atoms with E-state index in [0.717, 1.165) is 36.3 Å². The Balaban J connectivity index is 1.22. The Hall–Kier alpha value is -14.2. The summed E-state index contributed by atoms with van der Waals surface area (Å²) in [6.45, 7) is 2.49. The van der Waals surface area contributed by atoms with E-state index in [-0.39, 0.29) is 50.0 Å². The molecule has 16 N–H and O–H groups in total. The number of hydrogen-bond acceptors (Lipinski definition) is 20. The standard InChI is InChI=1S/C92H114N16O21S/c1-9-10-30-72-90(127)105(5)51-77(113)97-68(47-80(117)118)86(123)103-81(54(2)3)92(129)107(7)73(44-56-24-16-12-17-25-56)87(124)101-69(43-59-33-37-62(110)38-34-59)88(125)104(4)50-76(112)96-67(46-60-48-94-64-29-21-20-28-63(60)64)85(122)100-66(41-58-31-35-61(109)36-32-58)84(121)99-65(39-40-79(115)116)83(120)102-71(82(119)95-49-75(93)111)52-130-53-78(114)98-70(42-55-22-14-11-15-23-55)89(126)108(8)74(91(128)106(72)6)45-57-26-18-13-19-27-57/h11-29,31-38,48,54,65-74,81,94,109-110H,9-10,30,39-47,49-53H2,1-8H3,(H2,93,111)(H,95,119)(H,96,112)(H,97,113)(H,98,114)(H,99,121)(H,100,122)(H,101,124)(H,102,120)(H,103,123)(H,115,116)(H,117,118)/t65-,66-,67-,68-,69-,70-,71-,72-,73-,74-,81-/m0/s1. The third-order valence-electron chi connectivity index (χ3n) is 22.0. The van der Waals surface area contributed by atoms with Crippen molar-refractivity contribution in [1.82, 2.24) is 77.3 Å². The molecular formula is C92H114N16O21S. The predicted octanol–water partition coefficient (Wildman–Crippen LogP) is 1.15. The largest absolute Gasteiger partial charge is 0.508 e. The number of phenols is 2. The molecule has 6 aromatic carbocycles. The van der Waals surface area contributed by atoms with Crippen molar-refractivity contribution in [3.8, 4) is 11.5 Å². The molecule has 7 aromatic rings. The summed E-state index contributed by atoms with van der Waals surface area (Å²) in [5.41, 5.74) is 8.78. The van der Waals surface area contributed by atoms with Crippen LogP contribution < -0.4 is 53.6 Å². The van der Waals surface area contributed by atoms with E-state index in [1.165, 1.54) is 83.8 Å². The molecule has 0 saturated carbocycles. The fraction of sp³-hybridized carbons (Fsp3) is 0.402. The van der Waals surface area contributed by atoms with Gasteiger partial charge in [-0.1, -0.05) is 167 Å². The number of hydrogen-bond donors (Lipinski definition) is 15. The molecule has 2 heterocycles. The molecule has 1 fully saturated rings. The number of carbonyl (C=O) groups excluding carboxylic acids is 15. The number of H-pyrrole nitrogens is 1. The molecule has 1 aromatic heterocycles. The van der Waals surface area contributed by atoms with E-state index in [4.69, 9.17) is 5.73 Å². The van der Waals surface area contributed by atoms with Crippen molar-refractivity contribution in [2.45, 2.75) is 164 Å². The molecule has 38 heteroatoms. The second-order valence-electron chi connectivity index (χ2n) is 32.4. The monoisotopic (exact) mass is 1810 g/mol. The fourth-order valence-corrected chi connectivity index (χ4v) is 15.6. The number of para-hydroxylation sites is 1. The van der Waals surface area contributed by atoms with Crippen LogP contribution in [-0.2, 0) is 120 Å². The van der Waals surface area contributed by atoms with Gasteiger partial charge in [0.2, 0.25) is 88.6 Å². The molecule has 15 amide bonds. The number of fused-ring (bicyclic) bond motifs is 1. The molecule has 37 nitrogen and oxygen atoms in total. The van der Waals surface area contributed by atoms with Crippen molar-refractivity contribution in [1.29, 1.82) is 0 Å². The fourth-order valence-electron chi connectivity index (χ4n) is 14.8. The van der Waals surface area contributed by atoms with Crippen LogP contribution in [0, 0.1) is 5.92 Å². The average molecular weight is 1810 g/mol. The van der Waals surface area contributed by atoms with Gasteiger partial charge in [0, 0.05) is 103 Å². The number of carboxylic acid groups (broad SMARTS) is 2. The number of aromatic hydroxyl groups is 2. The molecule has 0 radical (unpaired) electrons. The summed E-state index contributed by atoms with van der Waals surface area (Å²) < 4.78 is 0. The number of aromatic amines is 1. The zero-order valence-corrected chi connectivity index (χ0v) is 74.4. The van der Waals surface area contributed by atoms with Gasteiger partial charge in [-0.3, -0.25) is 81.5 Å². The predicted molar refractivity (Wildman–Crippen MR) is 479 cm³/mol. The lowest BCUT2D eigenvalue weighted by molar-refractivity contribution is -0.151. The molecule has 1 saturated heterocycles.